The minimum atomic E-state index is -1.51. The van der Waals surface area contributed by atoms with Crippen molar-refractivity contribution in [3.05, 3.63) is 0 Å². The van der Waals surface area contributed by atoms with Gasteiger partial charge >= 0.3 is 0 Å². The summed E-state index contributed by atoms with van der Waals surface area (Å²) in [4.78, 5) is 0. The highest BCUT2D eigenvalue weighted by atomic mass is 16.7. The van der Waals surface area contributed by atoms with E-state index < -0.39 is 78.5 Å². The summed E-state index contributed by atoms with van der Waals surface area (Å²) in [5, 5.41) is 79.7. The van der Waals surface area contributed by atoms with E-state index in [9.17, 15) is 25.5 Å². The van der Waals surface area contributed by atoms with Gasteiger partial charge in [-0.15, -0.1) is 0 Å². The molecule has 3 aliphatic heterocycles. The van der Waals surface area contributed by atoms with Crippen molar-refractivity contribution < 1.29 is 54.3 Å². The summed E-state index contributed by atoms with van der Waals surface area (Å²) in [7, 11) is 1.58. The quantitative estimate of drug-likeness (QED) is 0.0714. The van der Waals surface area contributed by atoms with Gasteiger partial charge in [0.1, 0.15) is 35.9 Å². The monoisotopic (exact) mass is 622 g/mol. The Bertz CT molecular complexity index is 917. The van der Waals surface area contributed by atoms with E-state index in [4.69, 9.17) is 45.7 Å². The molecule has 4 aliphatic rings. The average molecular weight is 623 g/mol. The molecule has 14 N–H and O–H groups in total. The van der Waals surface area contributed by atoms with Crippen LogP contribution < -0.4 is 27.4 Å². The molecule has 17 heteroatoms. The number of aliphatic hydroxyl groups excluding tert-OH is 4. The number of rotatable bonds is 12. The summed E-state index contributed by atoms with van der Waals surface area (Å²) >= 11 is 0. The third-order valence-electron chi connectivity index (χ3n) is 8.68. The minimum absolute atomic E-state index is 0.0628. The van der Waals surface area contributed by atoms with Gasteiger partial charge in [-0.25, -0.2) is 0 Å². The fourth-order valence-corrected chi connectivity index (χ4v) is 6.00. The highest BCUT2D eigenvalue weighted by Crippen LogP contribution is 2.32. The zero-order valence-corrected chi connectivity index (χ0v) is 24.7. The van der Waals surface area contributed by atoms with Crippen LogP contribution in [0.15, 0.2) is 0 Å². The number of hydrogen-bond donors (Lipinski definition) is 12. The topological polar surface area (TPSA) is 280 Å². The van der Waals surface area contributed by atoms with E-state index >= 15 is 0 Å². The van der Waals surface area contributed by atoms with Gasteiger partial charge in [-0.3, -0.25) is 5.41 Å². The number of aliphatic hydroxyl groups is 6. The SMILES string of the molecule is CN[C@@H]1C(O)[C@@H](OC2C(O)C(O[C@H]3O[C@H](CNCC(O)CO)CCC3N)[C@@H](N)C[C@H]2NC(=N)C2(O)COC2)OCC1(C)O. The first kappa shape index (κ1) is 34.7. The van der Waals surface area contributed by atoms with Gasteiger partial charge in [-0.2, -0.15) is 0 Å². The van der Waals surface area contributed by atoms with Crippen molar-refractivity contribution in [2.45, 2.75) is 111 Å². The molecule has 1 saturated carbocycles. The van der Waals surface area contributed by atoms with Gasteiger partial charge in [0.25, 0.3) is 0 Å². The Morgan fingerprint density at radius 2 is 1.74 bits per heavy atom. The van der Waals surface area contributed by atoms with E-state index in [1.807, 2.05) is 0 Å². The zero-order chi connectivity index (χ0) is 31.5. The predicted molar refractivity (Wildman–Crippen MR) is 150 cm³/mol. The van der Waals surface area contributed by atoms with Crippen molar-refractivity contribution in [1.29, 1.82) is 5.41 Å². The van der Waals surface area contributed by atoms with E-state index in [1.54, 1.807) is 7.05 Å². The molecule has 0 aromatic rings. The maximum atomic E-state index is 11.6. The average Bonchev–Trinajstić information content (AvgIpc) is 2.94. The Morgan fingerprint density at radius 3 is 2.37 bits per heavy atom. The van der Waals surface area contributed by atoms with Crippen LogP contribution in [0.25, 0.3) is 0 Å². The lowest BCUT2D eigenvalue weighted by Gasteiger charge is -2.50. The fraction of sp³-hybridized carbons (Fsp3) is 0.962. The number of likely N-dealkylation sites (N-methyl/N-ethyl adjacent to an activating group) is 1. The van der Waals surface area contributed by atoms with E-state index in [1.165, 1.54) is 6.92 Å². The molecule has 7 unspecified atom stereocenters. The van der Waals surface area contributed by atoms with Crippen LogP contribution in [-0.4, -0.2) is 168 Å². The first-order chi connectivity index (χ1) is 20.3. The van der Waals surface area contributed by atoms with Gasteiger partial charge in [0.15, 0.2) is 18.2 Å². The van der Waals surface area contributed by atoms with Crippen molar-refractivity contribution in [3.63, 3.8) is 0 Å². The standard InChI is InChI=1S/C26H50N6O11/c1-25(37)9-40-23(18(36)21(25)30-2)43-20-16(32-24(29)26(38)10-39-11-26)5-15(28)19(17(20)35)42-22-14(27)4-3-13(41-22)7-31-6-12(34)8-33/h12-23,30-31,33-38H,3-11,27-28H2,1-2H3,(H2,29,32)/t12?,13-,14?,15-,16+,17?,18?,19?,20?,21+,22+,23+,25?/m0/s1. The summed E-state index contributed by atoms with van der Waals surface area (Å²) in [5.41, 5.74) is 9.90. The molecule has 4 fully saturated rings. The van der Waals surface area contributed by atoms with Crippen LogP contribution in [0.2, 0.25) is 0 Å². The van der Waals surface area contributed by atoms with Crippen LogP contribution in [0.3, 0.4) is 0 Å². The number of nitrogens with two attached hydrogens (primary N) is 2. The Hall–Kier alpha value is -1.13. The molecule has 0 bridgehead atoms. The van der Waals surface area contributed by atoms with Crippen LogP contribution >= 0.6 is 0 Å². The number of hydrogen-bond acceptors (Lipinski definition) is 16. The van der Waals surface area contributed by atoms with Gasteiger partial charge in [-0.1, -0.05) is 0 Å². The molecule has 43 heavy (non-hydrogen) atoms. The second-order valence-electron chi connectivity index (χ2n) is 12.4. The van der Waals surface area contributed by atoms with Gasteiger partial charge < -0.3 is 81.7 Å². The van der Waals surface area contributed by atoms with E-state index in [2.05, 4.69) is 16.0 Å². The second-order valence-corrected chi connectivity index (χ2v) is 12.4. The molecular formula is C26H50N6O11. The van der Waals surface area contributed by atoms with Gasteiger partial charge in [0.2, 0.25) is 0 Å². The zero-order valence-electron chi connectivity index (χ0n) is 24.7. The number of amidine groups is 1. The molecule has 17 nitrogen and oxygen atoms in total. The van der Waals surface area contributed by atoms with Crippen molar-refractivity contribution in [3.8, 4) is 0 Å². The summed E-state index contributed by atoms with van der Waals surface area (Å²) in [6, 6.07) is -2.90. The van der Waals surface area contributed by atoms with Crippen LogP contribution in [-0.2, 0) is 23.7 Å². The predicted octanol–water partition coefficient (Wildman–Crippen LogP) is -5.62. The molecule has 3 saturated heterocycles. The van der Waals surface area contributed by atoms with E-state index in [0.29, 0.717) is 19.4 Å². The molecule has 0 aromatic carbocycles. The van der Waals surface area contributed by atoms with Crippen LogP contribution in [0.1, 0.15) is 26.2 Å². The maximum absolute atomic E-state index is 11.6. The minimum Gasteiger partial charge on any atom is -0.394 e. The van der Waals surface area contributed by atoms with Crippen molar-refractivity contribution in [1.82, 2.24) is 16.0 Å². The van der Waals surface area contributed by atoms with E-state index in [-0.39, 0.29) is 51.3 Å². The van der Waals surface area contributed by atoms with Crippen LogP contribution in [0, 0.1) is 5.41 Å². The fourth-order valence-electron chi connectivity index (χ4n) is 6.00. The normalized spacial score (nSPS) is 43.9. The summed E-state index contributed by atoms with van der Waals surface area (Å²) in [6.07, 6.45) is -6.99. The Morgan fingerprint density at radius 1 is 1.05 bits per heavy atom. The molecule has 13 atom stereocenters. The molecular weight excluding hydrogens is 572 g/mol. The van der Waals surface area contributed by atoms with Crippen molar-refractivity contribution in [2.75, 3.05) is 46.6 Å². The molecule has 1 aliphatic carbocycles. The summed E-state index contributed by atoms with van der Waals surface area (Å²) in [6.45, 7) is 1.42. The molecule has 0 amide bonds. The van der Waals surface area contributed by atoms with Gasteiger partial charge in [0, 0.05) is 19.1 Å². The highest BCUT2D eigenvalue weighted by Gasteiger charge is 2.52. The first-order valence-corrected chi connectivity index (χ1v) is 14.8. The van der Waals surface area contributed by atoms with Crippen LogP contribution in [0.5, 0.6) is 0 Å². The molecule has 0 spiro atoms. The Kier molecular flexibility index (Phi) is 11.7. The Labute approximate surface area is 250 Å². The summed E-state index contributed by atoms with van der Waals surface area (Å²) in [5.74, 6) is -0.225. The van der Waals surface area contributed by atoms with Crippen molar-refractivity contribution >= 4 is 5.84 Å². The molecule has 0 aromatic heterocycles. The molecule has 0 radical (unpaired) electrons. The lowest BCUT2D eigenvalue weighted by molar-refractivity contribution is -0.307. The summed E-state index contributed by atoms with van der Waals surface area (Å²) < 4.78 is 29.1. The third-order valence-corrected chi connectivity index (χ3v) is 8.68. The molecule has 3 heterocycles. The van der Waals surface area contributed by atoms with Gasteiger partial charge in [-0.05, 0) is 33.2 Å². The smallest absolute Gasteiger partial charge is 0.185 e. The highest BCUT2D eigenvalue weighted by molar-refractivity contribution is 5.89. The largest absolute Gasteiger partial charge is 0.394 e. The third kappa shape index (κ3) is 8.00. The number of nitrogens with one attached hydrogen (secondary N) is 4. The molecule has 250 valence electrons. The number of ether oxygens (including phenoxy) is 5. The Balaban J connectivity index is 1.48. The van der Waals surface area contributed by atoms with Gasteiger partial charge in [0.05, 0.1) is 56.8 Å². The molecule has 4 rings (SSSR count). The van der Waals surface area contributed by atoms with Crippen LogP contribution in [0.4, 0.5) is 0 Å². The maximum Gasteiger partial charge on any atom is 0.185 e. The second kappa shape index (κ2) is 14.5. The first-order valence-electron chi connectivity index (χ1n) is 14.8. The van der Waals surface area contributed by atoms with E-state index in [0.717, 1.165) is 0 Å². The lowest BCUT2D eigenvalue weighted by atomic mass is 9.83. The lowest BCUT2D eigenvalue weighted by Crippen LogP contribution is -2.71. The van der Waals surface area contributed by atoms with Crippen molar-refractivity contribution in [2.24, 2.45) is 11.5 Å².